The Balaban J connectivity index is 1.46. The average molecular weight is 428 g/mol. The number of carbonyl (C=O) groups is 1. The minimum atomic E-state index is -3.59. The molecule has 1 aliphatic rings. The molecule has 0 aliphatic carbocycles. The zero-order valence-corrected chi connectivity index (χ0v) is 18.1. The summed E-state index contributed by atoms with van der Waals surface area (Å²) in [4.78, 5) is 17.3. The highest BCUT2D eigenvalue weighted by Gasteiger charge is 2.33. The lowest BCUT2D eigenvalue weighted by Gasteiger charge is -2.31. The van der Waals surface area contributed by atoms with Crippen LogP contribution in [0.25, 0.3) is 5.65 Å². The van der Waals surface area contributed by atoms with Crippen LogP contribution < -0.4 is 5.32 Å². The molecule has 0 radical (unpaired) electrons. The molecule has 1 amide bonds. The van der Waals surface area contributed by atoms with Crippen LogP contribution in [0.15, 0.2) is 41.6 Å². The Bertz CT molecular complexity index is 1190. The maximum Gasteiger partial charge on any atom is 0.243 e. The first-order chi connectivity index (χ1) is 14.3. The van der Waals surface area contributed by atoms with E-state index in [0.717, 1.165) is 16.7 Å². The number of carbonyl (C=O) groups excluding carboxylic acids is 1. The van der Waals surface area contributed by atoms with Crippen molar-refractivity contribution in [2.45, 2.75) is 38.5 Å². The number of aromatic nitrogens is 3. The van der Waals surface area contributed by atoms with Crippen molar-refractivity contribution < 1.29 is 13.2 Å². The Morgan fingerprint density at radius 1 is 1.07 bits per heavy atom. The normalized spacial score (nSPS) is 16.1. The van der Waals surface area contributed by atoms with Crippen LogP contribution >= 0.6 is 0 Å². The molecule has 1 aliphatic heterocycles. The number of benzene rings is 1. The maximum absolute atomic E-state index is 13.2. The third-order valence-electron chi connectivity index (χ3n) is 5.57. The van der Waals surface area contributed by atoms with E-state index in [4.69, 9.17) is 0 Å². The lowest BCUT2D eigenvalue weighted by atomic mass is 9.97. The third kappa shape index (κ3) is 3.70. The number of sulfonamides is 1. The van der Waals surface area contributed by atoms with E-state index >= 15 is 0 Å². The first-order valence-corrected chi connectivity index (χ1v) is 11.4. The fourth-order valence-corrected chi connectivity index (χ4v) is 6.10. The summed E-state index contributed by atoms with van der Waals surface area (Å²) in [6.45, 7) is 6.26. The summed E-state index contributed by atoms with van der Waals surface area (Å²) < 4.78 is 29.5. The number of amides is 1. The Morgan fingerprint density at radius 2 is 1.73 bits per heavy atom. The van der Waals surface area contributed by atoms with Crippen molar-refractivity contribution in [1.29, 1.82) is 0 Å². The van der Waals surface area contributed by atoms with Gasteiger partial charge in [0, 0.05) is 31.3 Å². The summed E-state index contributed by atoms with van der Waals surface area (Å²) in [5.41, 5.74) is 3.21. The summed E-state index contributed by atoms with van der Waals surface area (Å²) in [6, 6.07) is 7.24. The monoisotopic (exact) mass is 427 g/mol. The summed E-state index contributed by atoms with van der Waals surface area (Å²) in [5.74, 6) is 0.171. The van der Waals surface area contributed by atoms with Gasteiger partial charge < -0.3 is 5.32 Å². The molecule has 9 heteroatoms. The van der Waals surface area contributed by atoms with E-state index in [1.807, 2.05) is 32.9 Å². The SMILES string of the molecule is Cc1cc(C)c(S(=O)(=O)N2CCC(C(=O)Nc3ccnc4ccnn34)CC2)c(C)c1. The average Bonchev–Trinajstić information content (AvgIpc) is 3.17. The molecule has 3 heterocycles. The molecule has 8 nitrogen and oxygen atoms in total. The lowest BCUT2D eigenvalue weighted by Crippen LogP contribution is -2.42. The number of rotatable bonds is 4. The maximum atomic E-state index is 13.2. The summed E-state index contributed by atoms with van der Waals surface area (Å²) >= 11 is 0. The van der Waals surface area contributed by atoms with E-state index in [1.54, 1.807) is 29.0 Å². The number of hydrogen-bond donors (Lipinski definition) is 1. The second kappa shape index (κ2) is 7.81. The van der Waals surface area contributed by atoms with Crippen molar-refractivity contribution in [2.75, 3.05) is 18.4 Å². The van der Waals surface area contributed by atoms with Gasteiger partial charge in [-0.05, 0) is 50.8 Å². The van der Waals surface area contributed by atoms with Crippen molar-refractivity contribution in [3.05, 3.63) is 53.3 Å². The predicted molar refractivity (Wildman–Crippen MR) is 114 cm³/mol. The molecule has 0 atom stereocenters. The number of aryl methyl sites for hydroxylation is 3. The van der Waals surface area contributed by atoms with Gasteiger partial charge >= 0.3 is 0 Å². The summed E-state index contributed by atoms with van der Waals surface area (Å²) in [6.07, 6.45) is 4.19. The summed E-state index contributed by atoms with van der Waals surface area (Å²) in [7, 11) is -3.59. The fourth-order valence-electron chi connectivity index (χ4n) is 4.22. The number of anilines is 1. The van der Waals surface area contributed by atoms with Gasteiger partial charge in [0.05, 0.1) is 11.1 Å². The van der Waals surface area contributed by atoms with E-state index < -0.39 is 10.0 Å². The Morgan fingerprint density at radius 3 is 2.40 bits per heavy atom. The van der Waals surface area contributed by atoms with Crippen LogP contribution in [-0.2, 0) is 14.8 Å². The first-order valence-electron chi connectivity index (χ1n) is 9.95. The van der Waals surface area contributed by atoms with Crippen molar-refractivity contribution in [2.24, 2.45) is 5.92 Å². The topological polar surface area (TPSA) is 96.7 Å². The molecule has 1 N–H and O–H groups in total. The van der Waals surface area contributed by atoms with E-state index in [9.17, 15) is 13.2 Å². The van der Waals surface area contributed by atoms with Crippen molar-refractivity contribution in [1.82, 2.24) is 18.9 Å². The van der Waals surface area contributed by atoms with E-state index in [2.05, 4.69) is 15.4 Å². The Kier molecular flexibility index (Phi) is 5.33. The second-order valence-electron chi connectivity index (χ2n) is 7.83. The van der Waals surface area contributed by atoms with Gasteiger partial charge in [-0.1, -0.05) is 17.7 Å². The summed E-state index contributed by atoms with van der Waals surface area (Å²) in [5, 5.41) is 7.07. The zero-order valence-electron chi connectivity index (χ0n) is 17.3. The van der Waals surface area contributed by atoms with Gasteiger partial charge in [0.25, 0.3) is 0 Å². The molecule has 3 aromatic rings. The quantitative estimate of drug-likeness (QED) is 0.691. The Hall–Kier alpha value is -2.78. The molecular formula is C21H25N5O3S. The highest BCUT2D eigenvalue weighted by atomic mass is 32.2. The third-order valence-corrected chi connectivity index (χ3v) is 7.77. The van der Waals surface area contributed by atoms with Gasteiger partial charge in [-0.25, -0.2) is 13.4 Å². The first kappa shape index (κ1) is 20.5. The minimum Gasteiger partial charge on any atom is -0.310 e. The van der Waals surface area contributed by atoms with Crippen LogP contribution in [0.4, 0.5) is 5.82 Å². The molecule has 158 valence electrons. The molecule has 1 saturated heterocycles. The van der Waals surface area contributed by atoms with Crippen LogP contribution in [0.3, 0.4) is 0 Å². The molecule has 0 spiro atoms. The molecular weight excluding hydrogens is 402 g/mol. The molecule has 2 aromatic heterocycles. The number of hydrogen-bond acceptors (Lipinski definition) is 5. The molecule has 1 aromatic carbocycles. The molecule has 0 saturated carbocycles. The van der Waals surface area contributed by atoms with Gasteiger partial charge in [-0.3, -0.25) is 4.79 Å². The number of fused-ring (bicyclic) bond motifs is 1. The number of piperidine rings is 1. The van der Waals surface area contributed by atoms with Gasteiger partial charge in [-0.2, -0.15) is 13.9 Å². The highest BCUT2D eigenvalue weighted by molar-refractivity contribution is 7.89. The van der Waals surface area contributed by atoms with Crippen LogP contribution in [0, 0.1) is 26.7 Å². The van der Waals surface area contributed by atoms with Crippen LogP contribution in [0.1, 0.15) is 29.5 Å². The van der Waals surface area contributed by atoms with Gasteiger partial charge in [0.15, 0.2) is 5.65 Å². The standard InChI is InChI=1S/C21H25N5O3S/c1-14-12-15(2)20(16(3)13-14)30(28,29)25-10-6-17(7-11-25)21(27)24-19-4-8-22-18-5-9-23-26(18)19/h4-5,8-9,12-13,17H,6-7,10-11H2,1-3H3,(H,24,27). The minimum absolute atomic E-state index is 0.127. The molecule has 4 rings (SSSR count). The van der Waals surface area contributed by atoms with Crippen molar-refractivity contribution >= 4 is 27.4 Å². The molecule has 1 fully saturated rings. The van der Waals surface area contributed by atoms with Crippen LogP contribution in [-0.4, -0.2) is 46.3 Å². The van der Waals surface area contributed by atoms with Gasteiger partial charge in [0.2, 0.25) is 15.9 Å². The lowest BCUT2D eigenvalue weighted by molar-refractivity contribution is -0.120. The van der Waals surface area contributed by atoms with E-state index in [-0.39, 0.29) is 11.8 Å². The second-order valence-corrected chi connectivity index (χ2v) is 9.70. The molecule has 30 heavy (non-hydrogen) atoms. The van der Waals surface area contributed by atoms with E-state index in [1.165, 1.54) is 4.31 Å². The van der Waals surface area contributed by atoms with E-state index in [0.29, 0.717) is 42.3 Å². The predicted octanol–water partition coefficient (Wildman–Crippen LogP) is 2.69. The Labute approximate surface area is 176 Å². The fraction of sp³-hybridized carbons (Fsp3) is 0.381. The van der Waals surface area contributed by atoms with Crippen molar-refractivity contribution in [3.8, 4) is 0 Å². The largest absolute Gasteiger partial charge is 0.310 e. The number of nitrogens with one attached hydrogen (secondary N) is 1. The smallest absolute Gasteiger partial charge is 0.243 e. The van der Waals surface area contributed by atoms with Crippen molar-refractivity contribution in [3.63, 3.8) is 0 Å². The van der Waals surface area contributed by atoms with Gasteiger partial charge in [-0.15, -0.1) is 0 Å². The van der Waals surface area contributed by atoms with Gasteiger partial charge in [0.1, 0.15) is 5.82 Å². The molecule has 0 bridgehead atoms. The number of nitrogens with zero attached hydrogens (tertiary/aromatic N) is 4. The zero-order chi connectivity index (χ0) is 21.5. The van der Waals surface area contributed by atoms with Crippen LogP contribution in [0.2, 0.25) is 0 Å². The van der Waals surface area contributed by atoms with Crippen LogP contribution in [0.5, 0.6) is 0 Å². The highest BCUT2D eigenvalue weighted by Crippen LogP contribution is 2.29. The molecule has 0 unspecified atom stereocenters.